The van der Waals surface area contributed by atoms with Gasteiger partial charge in [0.2, 0.25) is 11.8 Å². The zero-order valence-corrected chi connectivity index (χ0v) is 16.7. The first-order valence-electron chi connectivity index (χ1n) is 9.13. The van der Waals surface area contributed by atoms with Gasteiger partial charge in [0.15, 0.2) is 0 Å². The molecule has 0 unspecified atom stereocenters. The van der Waals surface area contributed by atoms with E-state index in [1.807, 2.05) is 44.2 Å². The molecular formula is C22H26N2O4. The number of nitrogens with zero attached hydrogens (tertiary/aromatic N) is 2. The Morgan fingerprint density at radius 2 is 1.57 bits per heavy atom. The van der Waals surface area contributed by atoms with Crippen LogP contribution in [0.15, 0.2) is 54.6 Å². The van der Waals surface area contributed by atoms with Crippen LogP contribution in [0.1, 0.15) is 36.7 Å². The molecule has 148 valence electrons. The number of benzene rings is 2. The molecule has 2 amide bonds. The summed E-state index contributed by atoms with van der Waals surface area (Å²) in [5.41, 5.74) is 1.97. The second-order valence-electron chi connectivity index (χ2n) is 6.74. The maximum absolute atomic E-state index is 13.0. The Morgan fingerprint density at radius 1 is 0.964 bits per heavy atom. The molecule has 0 spiro atoms. The SMILES string of the molecule is COC(=O)c1ccc(N(CC(=O)N(Cc2ccccc2)C(C)C)C(C)=O)cc1. The maximum Gasteiger partial charge on any atom is 0.337 e. The topological polar surface area (TPSA) is 66.9 Å². The Kier molecular flexibility index (Phi) is 7.32. The first-order chi connectivity index (χ1) is 13.3. The van der Waals surface area contributed by atoms with E-state index < -0.39 is 5.97 Å². The number of hydrogen-bond donors (Lipinski definition) is 0. The highest BCUT2D eigenvalue weighted by molar-refractivity contribution is 5.98. The highest BCUT2D eigenvalue weighted by Gasteiger charge is 2.23. The van der Waals surface area contributed by atoms with E-state index in [1.54, 1.807) is 29.2 Å². The van der Waals surface area contributed by atoms with Gasteiger partial charge in [0.1, 0.15) is 6.54 Å². The van der Waals surface area contributed by atoms with E-state index in [4.69, 9.17) is 0 Å². The molecule has 2 rings (SSSR count). The van der Waals surface area contributed by atoms with Crippen molar-refractivity contribution in [1.82, 2.24) is 4.90 Å². The lowest BCUT2D eigenvalue weighted by Crippen LogP contribution is -2.44. The van der Waals surface area contributed by atoms with Crippen LogP contribution in [-0.4, -0.2) is 42.4 Å². The van der Waals surface area contributed by atoms with E-state index in [1.165, 1.54) is 18.9 Å². The van der Waals surface area contributed by atoms with Gasteiger partial charge in [-0.05, 0) is 43.7 Å². The van der Waals surface area contributed by atoms with Crippen molar-refractivity contribution in [2.75, 3.05) is 18.6 Å². The van der Waals surface area contributed by atoms with Gasteiger partial charge in [0.25, 0.3) is 0 Å². The van der Waals surface area contributed by atoms with Crippen molar-refractivity contribution in [3.63, 3.8) is 0 Å². The molecule has 2 aromatic rings. The number of carbonyl (C=O) groups excluding carboxylic acids is 3. The fourth-order valence-electron chi connectivity index (χ4n) is 2.84. The molecular weight excluding hydrogens is 356 g/mol. The number of rotatable bonds is 7. The van der Waals surface area contributed by atoms with Crippen LogP contribution >= 0.6 is 0 Å². The van der Waals surface area contributed by atoms with Gasteiger partial charge in [-0.3, -0.25) is 9.59 Å². The van der Waals surface area contributed by atoms with Crippen molar-refractivity contribution in [3.8, 4) is 0 Å². The molecule has 6 heteroatoms. The lowest BCUT2D eigenvalue weighted by Gasteiger charge is -2.30. The predicted molar refractivity (Wildman–Crippen MR) is 108 cm³/mol. The minimum absolute atomic E-state index is 0.0109. The first-order valence-corrected chi connectivity index (χ1v) is 9.13. The van der Waals surface area contributed by atoms with Crippen LogP contribution in [0.4, 0.5) is 5.69 Å². The van der Waals surface area contributed by atoms with Crippen LogP contribution in [-0.2, 0) is 20.9 Å². The molecule has 6 nitrogen and oxygen atoms in total. The van der Waals surface area contributed by atoms with Gasteiger partial charge in [-0.1, -0.05) is 30.3 Å². The molecule has 0 saturated carbocycles. The Morgan fingerprint density at radius 3 is 2.07 bits per heavy atom. The highest BCUT2D eigenvalue weighted by Crippen LogP contribution is 2.18. The quantitative estimate of drug-likeness (QED) is 0.690. The van der Waals surface area contributed by atoms with Crippen LogP contribution in [0.25, 0.3) is 0 Å². The molecule has 0 aliphatic heterocycles. The Bertz CT molecular complexity index is 816. The molecule has 0 saturated heterocycles. The molecule has 0 atom stereocenters. The third-order valence-corrected chi connectivity index (χ3v) is 4.41. The van der Waals surface area contributed by atoms with Gasteiger partial charge >= 0.3 is 5.97 Å². The second-order valence-corrected chi connectivity index (χ2v) is 6.74. The van der Waals surface area contributed by atoms with Gasteiger partial charge in [-0.15, -0.1) is 0 Å². The molecule has 0 bridgehead atoms. The molecule has 0 heterocycles. The van der Waals surface area contributed by atoms with Gasteiger partial charge in [-0.2, -0.15) is 0 Å². The maximum atomic E-state index is 13.0. The summed E-state index contributed by atoms with van der Waals surface area (Å²) in [7, 11) is 1.31. The van der Waals surface area contributed by atoms with Crippen molar-refractivity contribution in [2.45, 2.75) is 33.4 Å². The minimum atomic E-state index is -0.453. The molecule has 0 radical (unpaired) electrons. The number of carbonyl (C=O) groups is 3. The molecule has 0 fully saturated rings. The zero-order valence-electron chi connectivity index (χ0n) is 16.7. The average molecular weight is 382 g/mol. The summed E-state index contributed by atoms with van der Waals surface area (Å²) >= 11 is 0. The van der Waals surface area contributed by atoms with E-state index in [0.29, 0.717) is 17.8 Å². The number of esters is 1. The summed E-state index contributed by atoms with van der Waals surface area (Å²) in [5.74, 6) is -0.848. The smallest absolute Gasteiger partial charge is 0.337 e. The molecule has 0 N–H and O–H groups in total. The van der Waals surface area contributed by atoms with Crippen LogP contribution < -0.4 is 4.90 Å². The molecule has 28 heavy (non-hydrogen) atoms. The van der Waals surface area contributed by atoms with E-state index in [0.717, 1.165) is 5.56 Å². The monoisotopic (exact) mass is 382 g/mol. The van der Waals surface area contributed by atoms with Crippen LogP contribution in [0.2, 0.25) is 0 Å². The largest absolute Gasteiger partial charge is 0.465 e. The van der Waals surface area contributed by atoms with Crippen molar-refractivity contribution in [1.29, 1.82) is 0 Å². The number of ether oxygens (including phenoxy) is 1. The standard InChI is InChI=1S/C22H26N2O4/c1-16(2)23(14-18-8-6-5-7-9-18)21(26)15-24(17(3)25)20-12-10-19(11-13-20)22(27)28-4/h5-13,16H,14-15H2,1-4H3. The Labute approximate surface area is 165 Å². The van der Waals surface area contributed by atoms with E-state index in [-0.39, 0.29) is 24.4 Å². The highest BCUT2D eigenvalue weighted by atomic mass is 16.5. The van der Waals surface area contributed by atoms with Gasteiger partial charge < -0.3 is 14.5 Å². The van der Waals surface area contributed by atoms with Crippen molar-refractivity contribution in [2.24, 2.45) is 0 Å². The number of methoxy groups -OCH3 is 1. The van der Waals surface area contributed by atoms with E-state index >= 15 is 0 Å². The van der Waals surface area contributed by atoms with E-state index in [9.17, 15) is 14.4 Å². The number of anilines is 1. The molecule has 0 aromatic heterocycles. The zero-order chi connectivity index (χ0) is 20.7. The van der Waals surface area contributed by atoms with Crippen molar-refractivity contribution in [3.05, 3.63) is 65.7 Å². The summed E-state index contributed by atoms with van der Waals surface area (Å²) in [5, 5.41) is 0. The second kappa shape index (κ2) is 9.69. The summed E-state index contributed by atoms with van der Waals surface area (Å²) in [6.07, 6.45) is 0. The first kappa shape index (κ1) is 21.2. The number of hydrogen-bond acceptors (Lipinski definition) is 4. The van der Waals surface area contributed by atoms with Crippen LogP contribution in [0, 0.1) is 0 Å². The molecule has 0 aliphatic carbocycles. The summed E-state index contributed by atoms with van der Waals surface area (Å²) in [6.45, 7) is 5.72. The third-order valence-electron chi connectivity index (χ3n) is 4.41. The van der Waals surface area contributed by atoms with Crippen molar-refractivity contribution < 1.29 is 19.1 Å². The number of amides is 2. The Balaban J connectivity index is 2.18. The summed E-state index contributed by atoms with van der Waals surface area (Å²) in [4.78, 5) is 39.9. The third kappa shape index (κ3) is 5.42. The molecule has 2 aromatic carbocycles. The lowest BCUT2D eigenvalue weighted by atomic mass is 10.1. The summed E-state index contributed by atoms with van der Waals surface area (Å²) < 4.78 is 4.68. The molecule has 0 aliphatic rings. The van der Waals surface area contributed by atoms with Gasteiger partial charge in [0.05, 0.1) is 12.7 Å². The normalized spacial score (nSPS) is 10.5. The fourth-order valence-corrected chi connectivity index (χ4v) is 2.84. The van der Waals surface area contributed by atoms with Gasteiger partial charge in [0, 0.05) is 25.2 Å². The van der Waals surface area contributed by atoms with Crippen molar-refractivity contribution >= 4 is 23.5 Å². The predicted octanol–water partition coefficient (Wildman–Crippen LogP) is 3.26. The van der Waals surface area contributed by atoms with E-state index in [2.05, 4.69) is 4.74 Å². The lowest BCUT2D eigenvalue weighted by molar-refractivity contribution is -0.133. The summed E-state index contributed by atoms with van der Waals surface area (Å²) in [6, 6.07) is 16.1. The van der Waals surface area contributed by atoms with Gasteiger partial charge in [-0.25, -0.2) is 4.79 Å². The Hall–Kier alpha value is -3.15. The average Bonchev–Trinajstić information content (AvgIpc) is 2.70. The van der Waals surface area contributed by atoms with Crippen LogP contribution in [0.5, 0.6) is 0 Å². The minimum Gasteiger partial charge on any atom is -0.465 e. The fraction of sp³-hybridized carbons (Fsp3) is 0.318. The van der Waals surface area contributed by atoms with Crippen LogP contribution in [0.3, 0.4) is 0 Å².